The molecular weight excluding hydrogens is 158 g/mol. The summed E-state index contributed by atoms with van der Waals surface area (Å²) in [5, 5.41) is 0. The molecule has 0 N–H and O–H groups in total. The fraction of sp³-hybridized carbons (Fsp3) is 1.00. The van der Waals surface area contributed by atoms with Crippen molar-refractivity contribution in [2.75, 3.05) is 13.6 Å². The van der Waals surface area contributed by atoms with Crippen LogP contribution < -0.4 is 0 Å². The lowest BCUT2D eigenvalue weighted by atomic mass is 9.85. The van der Waals surface area contributed by atoms with Crippen molar-refractivity contribution in [3.63, 3.8) is 0 Å². The zero-order valence-corrected chi connectivity index (χ0v) is 10.5. The number of nitrogens with zero attached hydrogens (tertiary/aromatic N) is 1. The van der Waals surface area contributed by atoms with Crippen molar-refractivity contribution in [1.82, 2.24) is 4.90 Å². The Labute approximate surface area is 84.5 Å². The summed E-state index contributed by atoms with van der Waals surface area (Å²) < 4.78 is 0. The van der Waals surface area contributed by atoms with E-state index in [1.54, 1.807) is 0 Å². The second-order valence-corrected chi connectivity index (χ2v) is 5.90. The van der Waals surface area contributed by atoms with E-state index in [1.807, 2.05) is 0 Å². The zero-order chi connectivity index (χ0) is 10.6. The summed E-state index contributed by atoms with van der Waals surface area (Å²) in [6, 6.07) is 0.669. The van der Waals surface area contributed by atoms with Crippen molar-refractivity contribution in [1.29, 1.82) is 0 Å². The van der Waals surface area contributed by atoms with Gasteiger partial charge in [0.2, 0.25) is 0 Å². The molecule has 0 aliphatic heterocycles. The lowest BCUT2D eigenvalue weighted by Gasteiger charge is -2.29. The molecule has 0 spiro atoms. The number of hydrogen-bond donors (Lipinski definition) is 0. The molecule has 0 bridgehead atoms. The Kier molecular flexibility index (Phi) is 4.98. The number of rotatable bonds is 4. The third kappa shape index (κ3) is 7.06. The SMILES string of the molecule is CC(CN(C)C(C)C)CC(C)(C)C. The Hall–Kier alpha value is -0.0400. The average Bonchev–Trinajstić information content (AvgIpc) is 1.81. The highest BCUT2D eigenvalue weighted by molar-refractivity contribution is 4.69. The van der Waals surface area contributed by atoms with E-state index in [1.165, 1.54) is 13.0 Å². The third-order valence-corrected chi connectivity index (χ3v) is 2.44. The van der Waals surface area contributed by atoms with Gasteiger partial charge in [0.1, 0.15) is 0 Å². The molecule has 0 aromatic carbocycles. The lowest BCUT2D eigenvalue weighted by molar-refractivity contribution is 0.200. The Morgan fingerprint density at radius 1 is 1.08 bits per heavy atom. The van der Waals surface area contributed by atoms with Crippen LogP contribution in [0.1, 0.15) is 48.0 Å². The summed E-state index contributed by atoms with van der Waals surface area (Å²) in [6.07, 6.45) is 1.31. The largest absolute Gasteiger partial charge is 0.304 e. The summed E-state index contributed by atoms with van der Waals surface area (Å²) in [4.78, 5) is 2.43. The summed E-state index contributed by atoms with van der Waals surface area (Å²) >= 11 is 0. The van der Waals surface area contributed by atoms with Gasteiger partial charge < -0.3 is 4.90 Å². The van der Waals surface area contributed by atoms with Crippen LogP contribution in [0.2, 0.25) is 0 Å². The van der Waals surface area contributed by atoms with Crippen molar-refractivity contribution in [3.8, 4) is 0 Å². The molecule has 0 aliphatic carbocycles. The molecular formula is C12H27N. The van der Waals surface area contributed by atoms with Crippen LogP contribution in [-0.4, -0.2) is 24.5 Å². The Morgan fingerprint density at radius 2 is 1.54 bits per heavy atom. The van der Waals surface area contributed by atoms with Crippen molar-refractivity contribution in [2.24, 2.45) is 11.3 Å². The van der Waals surface area contributed by atoms with Gasteiger partial charge in [-0.25, -0.2) is 0 Å². The average molecular weight is 185 g/mol. The van der Waals surface area contributed by atoms with Gasteiger partial charge >= 0.3 is 0 Å². The van der Waals surface area contributed by atoms with E-state index in [9.17, 15) is 0 Å². The highest BCUT2D eigenvalue weighted by Crippen LogP contribution is 2.24. The van der Waals surface area contributed by atoms with Crippen LogP contribution in [0.5, 0.6) is 0 Å². The third-order valence-electron chi connectivity index (χ3n) is 2.44. The first-order valence-corrected chi connectivity index (χ1v) is 5.42. The van der Waals surface area contributed by atoms with E-state index < -0.39 is 0 Å². The zero-order valence-electron chi connectivity index (χ0n) is 10.5. The Balaban J connectivity index is 3.81. The highest BCUT2D eigenvalue weighted by Gasteiger charge is 2.17. The normalized spacial score (nSPS) is 15.5. The van der Waals surface area contributed by atoms with E-state index in [4.69, 9.17) is 0 Å². The smallest absolute Gasteiger partial charge is 0.00356 e. The van der Waals surface area contributed by atoms with Gasteiger partial charge in [-0.05, 0) is 38.6 Å². The molecule has 1 heteroatoms. The summed E-state index contributed by atoms with van der Waals surface area (Å²) in [5.41, 5.74) is 0.469. The molecule has 1 nitrogen and oxygen atoms in total. The van der Waals surface area contributed by atoms with Crippen LogP contribution in [-0.2, 0) is 0 Å². The highest BCUT2D eigenvalue weighted by atomic mass is 15.1. The molecule has 0 aliphatic rings. The molecule has 0 saturated carbocycles. The van der Waals surface area contributed by atoms with Gasteiger partial charge in [-0.15, -0.1) is 0 Å². The fourth-order valence-electron chi connectivity index (χ4n) is 1.81. The standard InChI is InChI=1S/C12H27N/c1-10(2)13(7)9-11(3)8-12(4,5)6/h10-11H,8-9H2,1-7H3. The molecule has 0 aromatic heterocycles. The van der Waals surface area contributed by atoms with Crippen molar-refractivity contribution in [2.45, 2.75) is 54.0 Å². The maximum atomic E-state index is 2.43. The Bertz CT molecular complexity index is 133. The van der Waals surface area contributed by atoms with Gasteiger partial charge in [0.15, 0.2) is 0 Å². The van der Waals surface area contributed by atoms with E-state index in [2.05, 4.69) is 53.5 Å². The van der Waals surface area contributed by atoms with E-state index in [-0.39, 0.29) is 0 Å². The van der Waals surface area contributed by atoms with E-state index in [0.29, 0.717) is 11.5 Å². The molecule has 1 atom stereocenters. The van der Waals surface area contributed by atoms with Crippen molar-refractivity contribution in [3.05, 3.63) is 0 Å². The first kappa shape index (κ1) is 13.0. The van der Waals surface area contributed by atoms with Gasteiger partial charge in [0.05, 0.1) is 0 Å². The molecule has 0 radical (unpaired) electrons. The van der Waals surface area contributed by atoms with Crippen LogP contribution in [0.25, 0.3) is 0 Å². The second kappa shape index (κ2) is 4.99. The molecule has 0 rings (SSSR count). The fourth-order valence-corrected chi connectivity index (χ4v) is 1.81. The number of hydrogen-bond acceptors (Lipinski definition) is 1. The van der Waals surface area contributed by atoms with Crippen LogP contribution in [0.4, 0.5) is 0 Å². The summed E-state index contributed by atoms with van der Waals surface area (Å²) in [6.45, 7) is 15.0. The lowest BCUT2D eigenvalue weighted by Crippen LogP contribution is -2.32. The van der Waals surface area contributed by atoms with Gasteiger partial charge in [0.25, 0.3) is 0 Å². The first-order valence-electron chi connectivity index (χ1n) is 5.42. The second-order valence-electron chi connectivity index (χ2n) is 5.90. The van der Waals surface area contributed by atoms with Gasteiger partial charge in [0, 0.05) is 12.6 Å². The van der Waals surface area contributed by atoms with Crippen molar-refractivity contribution >= 4 is 0 Å². The molecule has 80 valence electrons. The van der Waals surface area contributed by atoms with Gasteiger partial charge in [-0.3, -0.25) is 0 Å². The predicted molar refractivity (Wildman–Crippen MR) is 61.0 cm³/mol. The van der Waals surface area contributed by atoms with Gasteiger partial charge in [-0.1, -0.05) is 27.7 Å². The minimum atomic E-state index is 0.469. The van der Waals surface area contributed by atoms with Gasteiger partial charge in [-0.2, -0.15) is 0 Å². The van der Waals surface area contributed by atoms with Crippen molar-refractivity contribution < 1.29 is 0 Å². The maximum Gasteiger partial charge on any atom is 0.00356 e. The molecule has 0 saturated heterocycles. The predicted octanol–water partition coefficient (Wildman–Crippen LogP) is 3.40. The molecule has 1 unspecified atom stereocenters. The summed E-state index contributed by atoms with van der Waals surface area (Å²) in [7, 11) is 2.21. The molecule has 13 heavy (non-hydrogen) atoms. The Morgan fingerprint density at radius 3 is 1.85 bits per heavy atom. The van der Waals surface area contributed by atoms with Crippen LogP contribution in [0.15, 0.2) is 0 Å². The first-order chi connectivity index (χ1) is 5.72. The monoisotopic (exact) mass is 185 g/mol. The quantitative estimate of drug-likeness (QED) is 0.649. The molecule has 0 aromatic rings. The molecule has 0 heterocycles. The van der Waals surface area contributed by atoms with Crippen LogP contribution in [0.3, 0.4) is 0 Å². The van der Waals surface area contributed by atoms with E-state index in [0.717, 1.165) is 5.92 Å². The molecule has 0 amide bonds. The minimum absolute atomic E-state index is 0.469. The van der Waals surface area contributed by atoms with E-state index >= 15 is 0 Å². The van der Waals surface area contributed by atoms with Crippen LogP contribution in [0, 0.1) is 11.3 Å². The maximum absolute atomic E-state index is 2.43. The van der Waals surface area contributed by atoms with Crippen LogP contribution >= 0.6 is 0 Å². The topological polar surface area (TPSA) is 3.24 Å². The summed E-state index contributed by atoms with van der Waals surface area (Å²) in [5.74, 6) is 0.799. The minimum Gasteiger partial charge on any atom is -0.304 e. The molecule has 0 fully saturated rings.